The molecule has 0 radical (unpaired) electrons. The summed E-state index contributed by atoms with van der Waals surface area (Å²) in [5.41, 5.74) is 5.57. The second-order valence-corrected chi connectivity index (χ2v) is 9.44. The second-order valence-electron chi connectivity index (χ2n) is 9.44. The van der Waals surface area contributed by atoms with Gasteiger partial charge in [0, 0.05) is 23.0 Å². The third kappa shape index (κ3) is 3.71. The predicted molar refractivity (Wildman–Crippen MR) is 122 cm³/mol. The minimum Gasteiger partial charge on any atom is -0.443 e. The van der Waals surface area contributed by atoms with E-state index in [2.05, 4.69) is 10.4 Å². The van der Waals surface area contributed by atoms with Gasteiger partial charge in [-0.1, -0.05) is 48.5 Å². The fourth-order valence-electron chi connectivity index (χ4n) is 4.75. The van der Waals surface area contributed by atoms with Crippen molar-refractivity contribution in [2.24, 2.45) is 0 Å². The van der Waals surface area contributed by atoms with Crippen LogP contribution < -0.4 is 5.43 Å². The molecule has 2 aromatic carbocycles. The van der Waals surface area contributed by atoms with Gasteiger partial charge in [-0.05, 0) is 38.0 Å². The van der Waals surface area contributed by atoms with E-state index in [1.54, 1.807) is 25.7 Å². The number of aromatic amines is 1. The van der Waals surface area contributed by atoms with Crippen molar-refractivity contribution in [3.8, 4) is 0 Å². The maximum Gasteiger partial charge on any atom is 0.426 e. The maximum absolute atomic E-state index is 13.5. The van der Waals surface area contributed by atoms with Crippen LogP contribution in [0.2, 0.25) is 0 Å². The third-order valence-electron chi connectivity index (χ3n) is 6.00. The van der Waals surface area contributed by atoms with Crippen molar-refractivity contribution < 1.29 is 19.1 Å². The quantitative estimate of drug-likeness (QED) is 0.632. The molecule has 8 nitrogen and oxygen atoms in total. The number of para-hydroxylation sites is 1. The molecule has 1 aromatic heterocycles. The fraction of sp³-hybridized carbons (Fsp3) is 0.320. The van der Waals surface area contributed by atoms with Gasteiger partial charge in [0.2, 0.25) is 5.91 Å². The van der Waals surface area contributed by atoms with Gasteiger partial charge in [0.1, 0.15) is 18.2 Å². The molecule has 33 heavy (non-hydrogen) atoms. The second kappa shape index (κ2) is 7.65. The molecule has 2 aliphatic heterocycles. The molecule has 1 saturated heterocycles. The molecule has 0 unspecified atom stereocenters. The minimum atomic E-state index is -0.764. The van der Waals surface area contributed by atoms with Gasteiger partial charge in [-0.15, -0.1) is 0 Å². The highest BCUT2D eigenvalue weighted by Gasteiger charge is 2.48. The SMILES string of the molecule is CC(C)(C)OC(=O)NN1CC(=O)N2[C@H](c3ccccc3)c3[nH]c4ccccc4c3C[C@@H]2C1=O. The van der Waals surface area contributed by atoms with Gasteiger partial charge in [-0.25, -0.2) is 15.2 Å². The summed E-state index contributed by atoms with van der Waals surface area (Å²) in [5, 5.41) is 2.12. The zero-order valence-electron chi connectivity index (χ0n) is 18.8. The molecular formula is C25H26N4O4. The topological polar surface area (TPSA) is 94.7 Å². The standard InChI is InChI=1S/C25H26N4O4/c1-25(2,3)33-24(32)27-28-14-20(30)29-19(23(28)31)13-17-16-11-7-8-12-18(16)26-21(17)22(29)15-9-5-4-6-10-15/h4-12,19,22,26H,13-14H2,1-3H3,(H,27,32)/t19-,22-/m1/s1. The van der Waals surface area contributed by atoms with Gasteiger partial charge in [0.25, 0.3) is 5.91 Å². The van der Waals surface area contributed by atoms with Crippen molar-refractivity contribution in [1.29, 1.82) is 0 Å². The first-order valence-electron chi connectivity index (χ1n) is 11.0. The molecule has 5 rings (SSSR count). The molecule has 1 fully saturated rings. The number of fused-ring (bicyclic) bond motifs is 4. The van der Waals surface area contributed by atoms with Crippen LogP contribution in [-0.4, -0.2) is 51.0 Å². The molecule has 170 valence electrons. The number of piperazine rings is 1. The lowest BCUT2D eigenvalue weighted by molar-refractivity contribution is -0.161. The van der Waals surface area contributed by atoms with Gasteiger partial charge in [-0.3, -0.25) is 9.59 Å². The molecule has 2 N–H and O–H groups in total. The summed E-state index contributed by atoms with van der Waals surface area (Å²) in [5.74, 6) is -0.578. The number of hydrazine groups is 1. The molecule has 8 heteroatoms. The third-order valence-corrected chi connectivity index (χ3v) is 6.00. The largest absolute Gasteiger partial charge is 0.443 e. The van der Waals surface area contributed by atoms with Gasteiger partial charge in [0.05, 0.1) is 6.04 Å². The van der Waals surface area contributed by atoms with Gasteiger partial charge in [-0.2, -0.15) is 0 Å². The molecule has 3 heterocycles. The molecular weight excluding hydrogens is 420 g/mol. The number of H-pyrrole nitrogens is 1. The van der Waals surface area contributed by atoms with Crippen LogP contribution >= 0.6 is 0 Å². The lowest BCUT2D eigenvalue weighted by atomic mass is 9.86. The van der Waals surface area contributed by atoms with Crippen molar-refractivity contribution >= 4 is 28.8 Å². The fourth-order valence-corrected chi connectivity index (χ4v) is 4.75. The molecule has 0 spiro atoms. The van der Waals surface area contributed by atoms with Crippen LogP contribution in [0.25, 0.3) is 10.9 Å². The maximum atomic E-state index is 13.5. The predicted octanol–water partition coefficient (Wildman–Crippen LogP) is 3.29. The summed E-state index contributed by atoms with van der Waals surface area (Å²) in [6.07, 6.45) is -0.403. The summed E-state index contributed by atoms with van der Waals surface area (Å²) >= 11 is 0. The Kier molecular flexibility index (Phi) is 4.88. The first-order chi connectivity index (χ1) is 15.7. The van der Waals surface area contributed by atoms with Crippen molar-refractivity contribution in [1.82, 2.24) is 20.3 Å². The Hall–Kier alpha value is -3.81. The van der Waals surface area contributed by atoms with Crippen LogP contribution in [0.1, 0.15) is 43.6 Å². The summed E-state index contributed by atoms with van der Waals surface area (Å²) in [4.78, 5) is 44.3. The Morgan fingerprint density at radius 2 is 1.76 bits per heavy atom. The van der Waals surface area contributed by atoms with Crippen molar-refractivity contribution in [3.05, 3.63) is 71.4 Å². The van der Waals surface area contributed by atoms with E-state index in [0.717, 1.165) is 32.7 Å². The molecule has 2 atom stereocenters. The first-order valence-corrected chi connectivity index (χ1v) is 11.0. The molecule has 0 saturated carbocycles. The number of rotatable bonds is 2. The van der Waals surface area contributed by atoms with E-state index in [9.17, 15) is 14.4 Å². The Balaban J connectivity index is 1.55. The Morgan fingerprint density at radius 1 is 1.06 bits per heavy atom. The van der Waals surface area contributed by atoms with E-state index >= 15 is 0 Å². The zero-order valence-corrected chi connectivity index (χ0v) is 18.8. The first kappa shape index (κ1) is 21.1. The average Bonchev–Trinajstić information content (AvgIpc) is 3.13. The number of hydrogen-bond acceptors (Lipinski definition) is 4. The van der Waals surface area contributed by atoms with Crippen LogP contribution in [0.15, 0.2) is 54.6 Å². The molecule has 3 aromatic rings. The monoisotopic (exact) mass is 446 g/mol. The molecule has 3 amide bonds. The average molecular weight is 447 g/mol. The van der Waals surface area contributed by atoms with E-state index in [1.807, 2.05) is 54.6 Å². The highest BCUT2D eigenvalue weighted by molar-refractivity contribution is 5.98. The van der Waals surface area contributed by atoms with E-state index in [1.165, 1.54) is 0 Å². The Bertz CT molecular complexity index is 1240. The summed E-state index contributed by atoms with van der Waals surface area (Å²) in [7, 11) is 0. The van der Waals surface area contributed by atoms with Crippen LogP contribution in [0, 0.1) is 0 Å². The summed E-state index contributed by atoms with van der Waals surface area (Å²) in [6.45, 7) is 4.96. The number of nitrogens with zero attached hydrogens (tertiary/aromatic N) is 2. The highest BCUT2D eigenvalue weighted by Crippen LogP contribution is 2.42. The molecule has 2 aliphatic rings. The Labute approximate surface area is 191 Å². The lowest BCUT2D eigenvalue weighted by Gasteiger charge is -2.46. The van der Waals surface area contributed by atoms with Crippen molar-refractivity contribution in [2.75, 3.05) is 6.54 Å². The van der Waals surface area contributed by atoms with Crippen molar-refractivity contribution in [3.63, 3.8) is 0 Å². The van der Waals surface area contributed by atoms with Gasteiger partial charge < -0.3 is 14.6 Å². The highest BCUT2D eigenvalue weighted by atomic mass is 16.6. The molecule has 0 aliphatic carbocycles. The number of amides is 3. The van der Waals surface area contributed by atoms with Crippen LogP contribution in [0.4, 0.5) is 4.79 Å². The van der Waals surface area contributed by atoms with E-state index in [4.69, 9.17) is 4.74 Å². The van der Waals surface area contributed by atoms with Gasteiger partial charge >= 0.3 is 6.09 Å². The van der Waals surface area contributed by atoms with Crippen LogP contribution in [0.5, 0.6) is 0 Å². The number of benzene rings is 2. The van der Waals surface area contributed by atoms with E-state index in [0.29, 0.717) is 6.42 Å². The number of carbonyl (C=O) groups excluding carboxylic acids is 3. The minimum absolute atomic E-state index is 0.242. The van der Waals surface area contributed by atoms with Crippen molar-refractivity contribution in [2.45, 2.75) is 44.9 Å². The zero-order chi connectivity index (χ0) is 23.3. The van der Waals surface area contributed by atoms with Crippen LogP contribution in [0.3, 0.4) is 0 Å². The molecule has 0 bridgehead atoms. The normalized spacial score (nSPS) is 20.5. The van der Waals surface area contributed by atoms with Gasteiger partial charge in [0.15, 0.2) is 0 Å². The lowest BCUT2D eigenvalue weighted by Crippen LogP contribution is -2.66. The summed E-state index contributed by atoms with van der Waals surface area (Å²) in [6, 6.07) is 16.5. The Morgan fingerprint density at radius 3 is 2.48 bits per heavy atom. The number of carbonyl (C=O) groups is 3. The van der Waals surface area contributed by atoms with E-state index < -0.39 is 23.8 Å². The van der Waals surface area contributed by atoms with Crippen LogP contribution in [-0.2, 0) is 20.7 Å². The number of ether oxygens (including phenoxy) is 1. The number of hydrogen-bond donors (Lipinski definition) is 2. The number of nitrogens with one attached hydrogen (secondary N) is 2. The smallest absolute Gasteiger partial charge is 0.426 e. The summed E-state index contributed by atoms with van der Waals surface area (Å²) < 4.78 is 5.28. The van der Waals surface area contributed by atoms with E-state index in [-0.39, 0.29) is 18.4 Å². The number of aromatic nitrogens is 1.